The summed E-state index contributed by atoms with van der Waals surface area (Å²) in [7, 11) is 1.57. The monoisotopic (exact) mass is 370 g/mol. The van der Waals surface area contributed by atoms with Crippen LogP contribution in [0.25, 0.3) is 5.69 Å². The van der Waals surface area contributed by atoms with E-state index in [1.54, 1.807) is 31.3 Å². The topological polar surface area (TPSA) is 96.2 Å². The van der Waals surface area contributed by atoms with Gasteiger partial charge in [0.05, 0.1) is 11.4 Å². The van der Waals surface area contributed by atoms with Gasteiger partial charge in [-0.1, -0.05) is 13.8 Å². The molecule has 0 bridgehead atoms. The van der Waals surface area contributed by atoms with Crippen molar-refractivity contribution in [3.8, 4) is 5.69 Å². The molecule has 1 unspecified atom stereocenters. The Kier molecular flexibility index (Phi) is 5.43. The number of amides is 1. The fourth-order valence-corrected chi connectivity index (χ4v) is 3.27. The number of aliphatic hydroxyl groups is 1. The summed E-state index contributed by atoms with van der Waals surface area (Å²) in [4.78, 5) is 29.7. The SMILES string of the molecule is CNC(=O)c1ccc(-n2c(C(O)C(C)C)nc3c(c2=O)C[C@@H](C)NC3)cc1. The highest BCUT2D eigenvalue weighted by atomic mass is 16.3. The smallest absolute Gasteiger partial charge is 0.261 e. The Morgan fingerprint density at radius 2 is 2.00 bits per heavy atom. The molecule has 0 saturated carbocycles. The number of aliphatic hydroxyl groups excluding tert-OH is 1. The van der Waals surface area contributed by atoms with Gasteiger partial charge in [-0.15, -0.1) is 0 Å². The summed E-state index contributed by atoms with van der Waals surface area (Å²) in [5.41, 5.74) is 2.31. The summed E-state index contributed by atoms with van der Waals surface area (Å²) in [6.07, 6.45) is -0.281. The molecule has 0 fully saturated rings. The van der Waals surface area contributed by atoms with Crippen LogP contribution in [0.1, 0.15) is 54.3 Å². The van der Waals surface area contributed by atoms with Crippen LogP contribution in [0.3, 0.4) is 0 Å². The van der Waals surface area contributed by atoms with Gasteiger partial charge < -0.3 is 15.7 Å². The van der Waals surface area contributed by atoms with Gasteiger partial charge in [-0.05, 0) is 43.5 Å². The summed E-state index contributed by atoms with van der Waals surface area (Å²) in [5.74, 6) is 0.0411. The summed E-state index contributed by atoms with van der Waals surface area (Å²) < 4.78 is 1.48. The van der Waals surface area contributed by atoms with Gasteiger partial charge in [0.25, 0.3) is 11.5 Å². The van der Waals surface area contributed by atoms with Crippen molar-refractivity contribution in [2.75, 3.05) is 7.05 Å². The minimum atomic E-state index is -0.874. The molecule has 2 atom stereocenters. The largest absolute Gasteiger partial charge is 0.385 e. The average molecular weight is 370 g/mol. The Balaban J connectivity index is 2.19. The van der Waals surface area contributed by atoms with Crippen LogP contribution in [0.4, 0.5) is 0 Å². The van der Waals surface area contributed by atoms with Gasteiger partial charge in [-0.2, -0.15) is 0 Å². The summed E-state index contributed by atoms with van der Waals surface area (Å²) in [6.45, 7) is 6.31. The van der Waals surface area contributed by atoms with Crippen molar-refractivity contribution in [2.24, 2.45) is 5.92 Å². The molecule has 0 aliphatic carbocycles. The van der Waals surface area contributed by atoms with E-state index in [0.717, 1.165) is 0 Å². The lowest BCUT2D eigenvalue weighted by atomic mass is 10.0. The summed E-state index contributed by atoms with van der Waals surface area (Å²) >= 11 is 0. The molecule has 144 valence electrons. The molecule has 7 heteroatoms. The molecular formula is C20H26N4O3. The highest BCUT2D eigenvalue weighted by molar-refractivity contribution is 5.94. The lowest BCUT2D eigenvalue weighted by molar-refractivity contribution is 0.0963. The Labute approximate surface area is 158 Å². The van der Waals surface area contributed by atoms with Gasteiger partial charge in [-0.3, -0.25) is 14.2 Å². The molecule has 7 nitrogen and oxygen atoms in total. The maximum absolute atomic E-state index is 13.3. The highest BCUT2D eigenvalue weighted by Crippen LogP contribution is 2.24. The van der Waals surface area contributed by atoms with E-state index in [9.17, 15) is 14.7 Å². The van der Waals surface area contributed by atoms with Crippen molar-refractivity contribution in [3.05, 3.63) is 57.3 Å². The fourth-order valence-electron chi connectivity index (χ4n) is 3.27. The predicted octanol–water partition coefficient (Wildman–Crippen LogP) is 1.32. The number of hydrogen-bond donors (Lipinski definition) is 3. The Morgan fingerprint density at radius 3 is 2.59 bits per heavy atom. The summed E-state index contributed by atoms with van der Waals surface area (Å²) in [5, 5.41) is 16.6. The molecule has 1 aromatic heterocycles. The van der Waals surface area contributed by atoms with E-state index in [2.05, 4.69) is 15.6 Å². The van der Waals surface area contributed by atoms with Crippen molar-refractivity contribution in [3.63, 3.8) is 0 Å². The van der Waals surface area contributed by atoms with Gasteiger partial charge in [0.1, 0.15) is 11.9 Å². The predicted molar refractivity (Wildman–Crippen MR) is 103 cm³/mol. The van der Waals surface area contributed by atoms with Crippen LogP contribution in [0.2, 0.25) is 0 Å². The number of carbonyl (C=O) groups excluding carboxylic acids is 1. The number of aromatic nitrogens is 2. The number of nitrogens with one attached hydrogen (secondary N) is 2. The fraction of sp³-hybridized carbons (Fsp3) is 0.450. The van der Waals surface area contributed by atoms with E-state index in [1.807, 2.05) is 20.8 Å². The van der Waals surface area contributed by atoms with E-state index in [0.29, 0.717) is 41.3 Å². The second-order valence-corrected chi connectivity index (χ2v) is 7.34. The molecule has 1 aromatic carbocycles. The zero-order valence-corrected chi connectivity index (χ0v) is 16.1. The average Bonchev–Trinajstić information content (AvgIpc) is 2.67. The van der Waals surface area contributed by atoms with Gasteiger partial charge >= 0.3 is 0 Å². The molecule has 1 aliphatic heterocycles. The maximum Gasteiger partial charge on any atom is 0.261 e. The molecule has 3 rings (SSSR count). The van der Waals surface area contributed by atoms with Crippen LogP contribution in [0.5, 0.6) is 0 Å². The Bertz CT molecular complexity index is 903. The molecule has 1 aliphatic rings. The van der Waals surface area contributed by atoms with E-state index in [1.165, 1.54) is 4.57 Å². The molecular weight excluding hydrogens is 344 g/mol. The molecule has 1 amide bonds. The van der Waals surface area contributed by atoms with Crippen LogP contribution in [0, 0.1) is 5.92 Å². The molecule has 0 spiro atoms. The number of fused-ring (bicyclic) bond motifs is 1. The Hall–Kier alpha value is -2.51. The van der Waals surface area contributed by atoms with Crippen LogP contribution in [-0.2, 0) is 13.0 Å². The van der Waals surface area contributed by atoms with Crippen LogP contribution >= 0.6 is 0 Å². The van der Waals surface area contributed by atoms with Gasteiger partial charge in [-0.25, -0.2) is 4.98 Å². The van der Waals surface area contributed by atoms with Crippen molar-refractivity contribution in [2.45, 2.75) is 45.9 Å². The first-order chi connectivity index (χ1) is 12.8. The maximum atomic E-state index is 13.3. The zero-order chi connectivity index (χ0) is 19.7. The molecule has 0 radical (unpaired) electrons. The normalized spacial score (nSPS) is 17.5. The second-order valence-electron chi connectivity index (χ2n) is 7.34. The zero-order valence-electron chi connectivity index (χ0n) is 16.1. The molecule has 2 heterocycles. The number of hydrogen-bond acceptors (Lipinski definition) is 5. The third kappa shape index (κ3) is 3.65. The number of benzene rings is 1. The van der Waals surface area contributed by atoms with Crippen molar-refractivity contribution in [1.82, 2.24) is 20.2 Å². The highest BCUT2D eigenvalue weighted by Gasteiger charge is 2.27. The minimum Gasteiger partial charge on any atom is -0.385 e. The lowest BCUT2D eigenvalue weighted by Crippen LogP contribution is -2.41. The van der Waals surface area contributed by atoms with E-state index in [4.69, 9.17) is 0 Å². The third-order valence-corrected chi connectivity index (χ3v) is 4.93. The van der Waals surface area contributed by atoms with Crippen LogP contribution < -0.4 is 16.2 Å². The molecule has 2 aromatic rings. The van der Waals surface area contributed by atoms with Crippen molar-refractivity contribution >= 4 is 5.91 Å². The first-order valence-electron chi connectivity index (χ1n) is 9.22. The van der Waals surface area contributed by atoms with Crippen LogP contribution in [-0.4, -0.2) is 33.7 Å². The van der Waals surface area contributed by atoms with Crippen molar-refractivity contribution < 1.29 is 9.90 Å². The van der Waals surface area contributed by atoms with Gasteiger partial charge in [0.2, 0.25) is 0 Å². The quantitative estimate of drug-likeness (QED) is 0.754. The molecule has 0 saturated heterocycles. The van der Waals surface area contributed by atoms with E-state index < -0.39 is 6.10 Å². The van der Waals surface area contributed by atoms with Crippen LogP contribution in [0.15, 0.2) is 29.1 Å². The number of nitrogens with zero attached hydrogens (tertiary/aromatic N) is 2. The standard InChI is InChI=1S/C20H26N4O3/c1-11(2)17(25)18-23-16-10-22-12(3)9-15(16)20(27)24(18)14-7-5-13(6-8-14)19(26)21-4/h5-8,11-12,17,22,25H,9-10H2,1-4H3,(H,21,26)/t12-,17?/m1/s1. The van der Waals surface area contributed by atoms with Gasteiger partial charge in [0, 0.05) is 30.8 Å². The number of rotatable bonds is 4. The molecule has 27 heavy (non-hydrogen) atoms. The van der Waals surface area contributed by atoms with Gasteiger partial charge in [0.15, 0.2) is 0 Å². The van der Waals surface area contributed by atoms with Crippen molar-refractivity contribution in [1.29, 1.82) is 0 Å². The second kappa shape index (κ2) is 7.62. The minimum absolute atomic E-state index is 0.0955. The van der Waals surface area contributed by atoms with E-state index in [-0.39, 0.29) is 23.4 Å². The lowest BCUT2D eigenvalue weighted by Gasteiger charge is -2.26. The third-order valence-electron chi connectivity index (χ3n) is 4.93. The molecule has 3 N–H and O–H groups in total. The summed E-state index contributed by atoms with van der Waals surface area (Å²) in [6, 6.07) is 6.94. The first-order valence-corrected chi connectivity index (χ1v) is 9.22. The van der Waals surface area contributed by atoms with E-state index >= 15 is 0 Å². The first kappa shape index (κ1) is 19.3. The Morgan fingerprint density at radius 1 is 1.33 bits per heavy atom. The number of carbonyl (C=O) groups is 1.